The van der Waals surface area contributed by atoms with Crippen molar-refractivity contribution >= 4 is 11.6 Å². The second-order valence-corrected chi connectivity index (χ2v) is 5.28. The van der Waals surface area contributed by atoms with Gasteiger partial charge in [-0.1, -0.05) is 12.1 Å². The lowest BCUT2D eigenvalue weighted by Crippen LogP contribution is -2.65. The Balaban J connectivity index is 2.30. The second-order valence-electron chi connectivity index (χ2n) is 5.28. The Morgan fingerprint density at radius 2 is 2.04 bits per heavy atom. The normalized spacial score (nSPS) is 29.8. The topological polar surface area (TPSA) is 151 Å². The highest BCUT2D eigenvalue weighted by Gasteiger charge is 2.46. The van der Waals surface area contributed by atoms with Gasteiger partial charge in [-0.2, -0.15) is 0 Å². The van der Waals surface area contributed by atoms with Crippen molar-refractivity contribution in [2.24, 2.45) is 0 Å². The van der Waals surface area contributed by atoms with E-state index in [9.17, 15) is 30.2 Å². The van der Waals surface area contributed by atoms with Crippen LogP contribution in [0.5, 0.6) is 5.75 Å². The van der Waals surface area contributed by atoms with Crippen molar-refractivity contribution < 1.29 is 34.5 Å². The number of hydrogen-bond acceptors (Lipinski definition) is 8. The molecule has 1 heterocycles. The van der Waals surface area contributed by atoms with Crippen LogP contribution >= 0.6 is 0 Å². The molecule has 0 bridgehead atoms. The highest BCUT2D eigenvalue weighted by molar-refractivity contribution is 5.73. The molecule has 5 atom stereocenters. The number of amides is 1. The lowest BCUT2D eigenvalue weighted by Gasteiger charge is -2.41. The average molecular weight is 342 g/mol. The summed E-state index contributed by atoms with van der Waals surface area (Å²) >= 11 is 0. The molecule has 0 radical (unpaired) electrons. The van der Waals surface area contributed by atoms with Gasteiger partial charge >= 0.3 is 5.69 Å². The van der Waals surface area contributed by atoms with Crippen molar-refractivity contribution in [3.8, 4) is 5.75 Å². The summed E-state index contributed by atoms with van der Waals surface area (Å²) in [5, 5.41) is 42.7. The van der Waals surface area contributed by atoms with E-state index < -0.39 is 48.1 Å². The van der Waals surface area contributed by atoms with Gasteiger partial charge in [-0.05, 0) is 6.07 Å². The van der Waals surface area contributed by atoms with Crippen LogP contribution in [0.4, 0.5) is 5.69 Å². The summed E-state index contributed by atoms with van der Waals surface area (Å²) in [6.07, 6.45) is -5.46. The van der Waals surface area contributed by atoms with Crippen LogP contribution in [-0.2, 0) is 9.53 Å². The Kier molecular flexibility index (Phi) is 5.67. The molecule has 1 amide bonds. The number of rotatable bonds is 5. The first kappa shape index (κ1) is 18.1. The number of nitrogens with zero attached hydrogens (tertiary/aromatic N) is 1. The van der Waals surface area contributed by atoms with E-state index in [2.05, 4.69) is 5.32 Å². The van der Waals surface area contributed by atoms with E-state index >= 15 is 0 Å². The van der Waals surface area contributed by atoms with Gasteiger partial charge in [0, 0.05) is 13.0 Å². The molecule has 1 aromatic rings. The Morgan fingerprint density at radius 3 is 2.62 bits per heavy atom. The number of benzene rings is 1. The van der Waals surface area contributed by atoms with Crippen molar-refractivity contribution in [1.29, 1.82) is 0 Å². The van der Waals surface area contributed by atoms with E-state index in [-0.39, 0.29) is 11.4 Å². The maximum Gasteiger partial charge on any atom is 0.311 e. The number of nitro groups is 1. The van der Waals surface area contributed by atoms with Gasteiger partial charge in [0.05, 0.1) is 11.5 Å². The summed E-state index contributed by atoms with van der Waals surface area (Å²) in [4.78, 5) is 21.7. The van der Waals surface area contributed by atoms with Gasteiger partial charge in [0.15, 0.2) is 5.75 Å². The maximum atomic E-state index is 11.3. The third-order valence-electron chi connectivity index (χ3n) is 3.56. The lowest BCUT2D eigenvalue weighted by atomic mass is 9.97. The van der Waals surface area contributed by atoms with Gasteiger partial charge < -0.3 is 30.1 Å². The van der Waals surface area contributed by atoms with Gasteiger partial charge in [0.25, 0.3) is 0 Å². The van der Waals surface area contributed by atoms with Crippen LogP contribution in [0.2, 0.25) is 0 Å². The van der Waals surface area contributed by atoms with E-state index in [0.29, 0.717) is 0 Å². The zero-order valence-electron chi connectivity index (χ0n) is 12.7. The molecule has 0 aromatic heterocycles. The standard InChI is InChI=1S/C14H18N2O8/c1-7(18)15-11-13(20)12(19)10(6-17)24-14(11)23-9-5-3-2-4-8(9)16(21)22/h2-5,10-14,17,19-20H,6H2,1H3,(H,15,18)/t10-,11-,12+,13-,14+/m1/s1. The molecule has 1 aliphatic heterocycles. The molecule has 1 fully saturated rings. The molecule has 10 nitrogen and oxygen atoms in total. The number of carbonyl (C=O) groups excluding carboxylic acids is 1. The molecule has 132 valence electrons. The minimum atomic E-state index is -1.49. The predicted molar refractivity (Wildman–Crippen MR) is 79.1 cm³/mol. The fourth-order valence-corrected chi connectivity index (χ4v) is 2.40. The summed E-state index contributed by atoms with van der Waals surface area (Å²) in [5.41, 5.74) is -0.330. The number of aliphatic hydroxyl groups is 3. The Labute approximate surface area is 136 Å². The van der Waals surface area contributed by atoms with Crippen molar-refractivity contribution in [2.75, 3.05) is 6.61 Å². The fraction of sp³-hybridized carbons (Fsp3) is 0.500. The van der Waals surface area contributed by atoms with Crippen LogP contribution in [0.15, 0.2) is 24.3 Å². The van der Waals surface area contributed by atoms with Gasteiger partial charge in [0.2, 0.25) is 12.2 Å². The number of carbonyl (C=O) groups is 1. The third kappa shape index (κ3) is 3.79. The summed E-state index contributed by atoms with van der Waals surface area (Å²) in [7, 11) is 0. The van der Waals surface area contributed by atoms with E-state index in [0.717, 1.165) is 0 Å². The molecule has 1 aliphatic rings. The minimum Gasteiger partial charge on any atom is -0.455 e. The van der Waals surface area contributed by atoms with E-state index in [1.807, 2.05) is 0 Å². The summed E-state index contributed by atoms with van der Waals surface area (Å²) < 4.78 is 10.8. The molecule has 0 spiro atoms. The third-order valence-corrected chi connectivity index (χ3v) is 3.56. The number of nitro benzene ring substituents is 1. The van der Waals surface area contributed by atoms with Crippen LogP contribution in [0.1, 0.15) is 6.92 Å². The Hall–Kier alpha value is -2.27. The fourth-order valence-electron chi connectivity index (χ4n) is 2.40. The number of nitrogens with one attached hydrogen (secondary N) is 1. The minimum absolute atomic E-state index is 0.136. The lowest BCUT2D eigenvalue weighted by molar-refractivity contribution is -0.386. The highest BCUT2D eigenvalue weighted by atomic mass is 16.7. The second kappa shape index (κ2) is 7.53. The SMILES string of the molecule is CC(=O)N[C@H]1[C@@H](Oc2ccccc2[N+](=O)[O-])O[C@H](CO)[C@H](O)[C@@H]1O. The highest BCUT2D eigenvalue weighted by Crippen LogP contribution is 2.30. The van der Waals surface area contributed by atoms with Crippen LogP contribution < -0.4 is 10.1 Å². The van der Waals surface area contributed by atoms with E-state index in [4.69, 9.17) is 9.47 Å². The summed E-state index contributed by atoms with van der Waals surface area (Å²) in [6.45, 7) is 0.584. The molecule has 1 aromatic carbocycles. The van der Waals surface area contributed by atoms with Crippen LogP contribution in [0.25, 0.3) is 0 Å². The maximum absolute atomic E-state index is 11.3. The van der Waals surface area contributed by atoms with Gasteiger partial charge in [-0.25, -0.2) is 0 Å². The van der Waals surface area contributed by atoms with Crippen LogP contribution in [-0.4, -0.2) is 63.4 Å². The molecule has 1 saturated heterocycles. The first-order chi connectivity index (χ1) is 11.3. The molecule has 10 heteroatoms. The largest absolute Gasteiger partial charge is 0.455 e. The molecule has 0 saturated carbocycles. The Morgan fingerprint density at radius 1 is 1.38 bits per heavy atom. The van der Waals surface area contributed by atoms with Crippen molar-refractivity contribution in [1.82, 2.24) is 5.32 Å². The smallest absolute Gasteiger partial charge is 0.311 e. The number of para-hydroxylation sites is 2. The first-order valence-corrected chi connectivity index (χ1v) is 7.14. The van der Waals surface area contributed by atoms with Crippen molar-refractivity contribution in [2.45, 2.75) is 37.6 Å². The van der Waals surface area contributed by atoms with Gasteiger partial charge in [0.1, 0.15) is 24.4 Å². The van der Waals surface area contributed by atoms with Gasteiger partial charge in [-0.3, -0.25) is 14.9 Å². The molecule has 0 aliphatic carbocycles. The van der Waals surface area contributed by atoms with Crippen molar-refractivity contribution in [3.63, 3.8) is 0 Å². The molecular formula is C14H18N2O8. The quantitative estimate of drug-likeness (QED) is 0.389. The predicted octanol–water partition coefficient (Wildman–Crippen LogP) is -1.08. The van der Waals surface area contributed by atoms with E-state index in [1.165, 1.54) is 31.2 Å². The van der Waals surface area contributed by atoms with E-state index in [1.54, 1.807) is 0 Å². The first-order valence-electron chi connectivity index (χ1n) is 7.14. The van der Waals surface area contributed by atoms with Crippen LogP contribution in [0.3, 0.4) is 0 Å². The number of ether oxygens (including phenoxy) is 2. The Bertz CT molecular complexity index is 610. The summed E-state index contributed by atoms with van der Waals surface area (Å²) in [5.74, 6) is -0.656. The molecular weight excluding hydrogens is 324 g/mol. The molecule has 2 rings (SSSR count). The molecule has 24 heavy (non-hydrogen) atoms. The average Bonchev–Trinajstić information content (AvgIpc) is 2.54. The van der Waals surface area contributed by atoms with Gasteiger partial charge in [-0.15, -0.1) is 0 Å². The van der Waals surface area contributed by atoms with Crippen LogP contribution in [0, 0.1) is 10.1 Å². The zero-order chi connectivity index (χ0) is 17.9. The molecule has 4 N–H and O–H groups in total. The number of aliphatic hydroxyl groups excluding tert-OH is 3. The number of hydrogen-bond donors (Lipinski definition) is 4. The monoisotopic (exact) mass is 342 g/mol. The molecule has 0 unspecified atom stereocenters. The van der Waals surface area contributed by atoms with Crippen molar-refractivity contribution in [3.05, 3.63) is 34.4 Å². The zero-order valence-corrected chi connectivity index (χ0v) is 12.7. The summed E-state index contributed by atoms with van der Waals surface area (Å²) in [6, 6.07) is 4.33.